The highest BCUT2D eigenvalue weighted by Crippen LogP contribution is 2.22. The molecule has 6 heteroatoms. The van der Waals surface area contributed by atoms with E-state index in [1.807, 2.05) is 25.3 Å². The van der Waals surface area contributed by atoms with Gasteiger partial charge in [-0.3, -0.25) is 4.57 Å². The Morgan fingerprint density at radius 2 is 2.21 bits per heavy atom. The van der Waals surface area contributed by atoms with Crippen molar-refractivity contribution in [1.82, 2.24) is 14.8 Å². The van der Waals surface area contributed by atoms with E-state index in [1.54, 1.807) is 0 Å². The van der Waals surface area contributed by atoms with Crippen LogP contribution in [0.2, 0.25) is 0 Å². The molecule has 1 rings (SSSR count). The average Bonchev–Trinajstić information content (AvgIpc) is 2.47. The van der Waals surface area contributed by atoms with Gasteiger partial charge in [-0.1, -0.05) is 11.8 Å². The van der Waals surface area contributed by atoms with Gasteiger partial charge in [0.1, 0.15) is 0 Å². The molecule has 0 aromatic carbocycles. The maximum atomic E-state index is 5.68. The Balaban J connectivity index is 2.66. The van der Waals surface area contributed by atoms with Crippen molar-refractivity contribution in [2.24, 2.45) is 0 Å². The fraction of sp³-hybridized carbons (Fsp3) is 0.750. The SMILES string of the molecule is CCOCSc1nnc(N)n1C(C)C. The van der Waals surface area contributed by atoms with Crippen molar-refractivity contribution in [2.45, 2.75) is 32.0 Å². The number of anilines is 1. The second-order valence-electron chi connectivity index (χ2n) is 3.06. The summed E-state index contributed by atoms with van der Waals surface area (Å²) in [6, 6.07) is 0.272. The third-order valence-corrected chi connectivity index (χ3v) is 2.50. The van der Waals surface area contributed by atoms with Crippen LogP contribution in [-0.4, -0.2) is 27.3 Å². The minimum atomic E-state index is 0.272. The molecule has 0 spiro atoms. The molecule has 5 nitrogen and oxygen atoms in total. The van der Waals surface area contributed by atoms with Gasteiger partial charge in [-0.2, -0.15) is 0 Å². The summed E-state index contributed by atoms with van der Waals surface area (Å²) < 4.78 is 7.12. The van der Waals surface area contributed by atoms with E-state index >= 15 is 0 Å². The van der Waals surface area contributed by atoms with Gasteiger partial charge in [-0.25, -0.2) is 0 Å². The third kappa shape index (κ3) is 2.62. The summed E-state index contributed by atoms with van der Waals surface area (Å²) in [4.78, 5) is 0. The highest BCUT2D eigenvalue weighted by atomic mass is 32.2. The Morgan fingerprint density at radius 1 is 1.50 bits per heavy atom. The highest BCUT2D eigenvalue weighted by Gasteiger charge is 2.12. The number of nitrogens with two attached hydrogens (primary N) is 1. The molecule has 0 bridgehead atoms. The Bertz CT molecular complexity index is 287. The number of nitrogens with zero attached hydrogens (tertiary/aromatic N) is 3. The molecule has 0 atom stereocenters. The number of rotatable bonds is 5. The molecule has 0 saturated heterocycles. The van der Waals surface area contributed by atoms with E-state index in [1.165, 1.54) is 11.8 Å². The minimum absolute atomic E-state index is 0.272. The van der Waals surface area contributed by atoms with Crippen LogP contribution < -0.4 is 5.73 Å². The summed E-state index contributed by atoms with van der Waals surface area (Å²) in [5.41, 5.74) is 5.68. The van der Waals surface area contributed by atoms with E-state index in [4.69, 9.17) is 10.5 Å². The first-order valence-corrected chi connectivity index (χ1v) is 5.56. The predicted octanol–water partition coefficient (Wildman–Crippen LogP) is 1.53. The smallest absolute Gasteiger partial charge is 0.222 e. The van der Waals surface area contributed by atoms with Gasteiger partial charge in [0.05, 0.1) is 5.94 Å². The van der Waals surface area contributed by atoms with Crippen molar-refractivity contribution in [3.8, 4) is 0 Å². The lowest BCUT2D eigenvalue weighted by atomic mass is 10.4. The molecule has 0 saturated carbocycles. The molecule has 0 radical (unpaired) electrons. The van der Waals surface area contributed by atoms with Crippen LogP contribution in [0.15, 0.2) is 5.16 Å². The second-order valence-corrected chi connectivity index (χ2v) is 3.95. The topological polar surface area (TPSA) is 66.0 Å². The van der Waals surface area contributed by atoms with Crippen LogP contribution in [0.5, 0.6) is 0 Å². The summed E-state index contributed by atoms with van der Waals surface area (Å²) >= 11 is 1.51. The Hall–Kier alpha value is -0.750. The van der Waals surface area contributed by atoms with Gasteiger partial charge in [0.25, 0.3) is 0 Å². The van der Waals surface area contributed by atoms with Crippen molar-refractivity contribution < 1.29 is 4.74 Å². The molecule has 0 fully saturated rings. The molecule has 0 amide bonds. The van der Waals surface area contributed by atoms with Crippen LogP contribution in [-0.2, 0) is 4.74 Å². The summed E-state index contributed by atoms with van der Waals surface area (Å²) in [5.74, 6) is 1.04. The summed E-state index contributed by atoms with van der Waals surface area (Å²) in [5, 5.41) is 8.62. The molecule has 80 valence electrons. The number of ether oxygens (including phenoxy) is 1. The van der Waals surface area contributed by atoms with Gasteiger partial charge in [0, 0.05) is 12.6 Å². The zero-order valence-corrected chi connectivity index (χ0v) is 9.54. The van der Waals surface area contributed by atoms with Crippen LogP contribution >= 0.6 is 11.8 Å². The maximum Gasteiger partial charge on any atom is 0.222 e. The average molecular weight is 216 g/mol. The summed E-state index contributed by atoms with van der Waals surface area (Å²) in [6.07, 6.45) is 0. The zero-order chi connectivity index (χ0) is 10.6. The second kappa shape index (κ2) is 5.21. The number of hydrogen-bond acceptors (Lipinski definition) is 5. The monoisotopic (exact) mass is 216 g/mol. The van der Waals surface area contributed by atoms with Gasteiger partial charge in [0.15, 0.2) is 5.16 Å². The molecule has 1 aromatic heterocycles. The van der Waals surface area contributed by atoms with Crippen LogP contribution in [0.4, 0.5) is 5.95 Å². The predicted molar refractivity (Wildman–Crippen MR) is 57.2 cm³/mol. The molecule has 0 aliphatic carbocycles. The zero-order valence-electron chi connectivity index (χ0n) is 8.73. The lowest BCUT2D eigenvalue weighted by Crippen LogP contribution is -2.07. The molecule has 1 aromatic rings. The quantitative estimate of drug-likeness (QED) is 0.459. The number of hydrogen-bond donors (Lipinski definition) is 1. The van der Waals surface area contributed by atoms with E-state index in [0.29, 0.717) is 18.5 Å². The highest BCUT2D eigenvalue weighted by molar-refractivity contribution is 7.99. The van der Waals surface area contributed by atoms with Gasteiger partial charge in [-0.05, 0) is 20.8 Å². The van der Waals surface area contributed by atoms with E-state index in [0.717, 1.165) is 5.16 Å². The van der Waals surface area contributed by atoms with Gasteiger partial charge in [0.2, 0.25) is 5.95 Å². The number of aromatic nitrogens is 3. The fourth-order valence-corrected chi connectivity index (χ4v) is 1.95. The Morgan fingerprint density at radius 3 is 2.79 bits per heavy atom. The van der Waals surface area contributed by atoms with E-state index < -0.39 is 0 Å². The molecule has 2 N–H and O–H groups in total. The normalized spacial score (nSPS) is 11.1. The van der Waals surface area contributed by atoms with Gasteiger partial charge in [-0.15, -0.1) is 10.2 Å². The van der Waals surface area contributed by atoms with Crippen molar-refractivity contribution in [2.75, 3.05) is 18.3 Å². The molecular weight excluding hydrogens is 200 g/mol. The molecule has 14 heavy (non-hydrogen) atoms. The lowest BCUT2D eigenvalue weighted by molar-refractivity contribution is 0.199. The fourth-order valence-electron chi connectivity index (χ4n) is 1.05. The largest absolute Gasteiger partial charge is 0.371 e. The molecule has 0 unspecified atom stereocenters. The molecule has 0 aliphatic rings. The van der Waals surface area contributed by atoms with Crippen molar-refractivity contribution >= 4 is 17.7 Å². The minimum Gasteiger partial charge on any atom is -0.371 e. The number of nitrogen functional groups attached to an aromatic ring is 1. The first-order chi connectivity index (χ1) is 6.66. The molecule has 1 heterocycles. The van der Waals surface area contributed by atoms with Crippen LogP contribution in [0.1, 0.15) is 26.8 Å². The lowest BCUT2D eigenvalue weighted by Gasteiger charge is -2.10. The maximum absolute atomic E-state index is 5.68. The van der Waals surface area contributed by atoms with Crippen molar-refractivity contribution in [3.63, 3.8) is 0 Å². The van der Waals surface area contributed by atoms with Crippen LogP contribution in [0.25, 0.3) is 0 Å². The van der Waals surface area contributed by atoms with E-state index in [9.17, 15) is 0 Å². The summed E-state index contributed by atoms with van der Waals surface area (Å²) in [6.45, 7) is 6.76. The van der Waals surface area contributed by atoms with Crippen molar-refractivity contribution in [1.29, 1.82) is 0 Å². The standard InChI is InChI=1S/C8H16N4OS/c1-4-13-5-14-8-11-10-7(9)12(8)6(2)3/h6H,4-5H2,1-3H3,(H2,9,10). The third-order valence-electron chi connectivity index (χ3n) is 1.68. The molecule has 0 aliphatic heterocycles. The molecular formula is C8H16N4OS. The Kier molecular flexibility index (Phi) is 4.21. The first-order valence-electron chi connectivity index (χ1n) is 4.57. The van der Waals surface area contributed by atoms with Gasteiger partial charge >= 0.3 is 0 Å². The first kappa shape index (κ1) is 11.3. The van der Waals surface area contributed by atoms with Crippen LogP contribution in [0.3, 0.4) is 0 Å². The van der Waals surface area contributed by atoms with Crippen LogP contribution in [0, 0.1) is 0 Å². The Labute approximate surface area is 88.0 Å². The summed E-state index contributed by atoms with van der Waals surface area (Å²) in [7, 11) is 0. The van der Waals surface area contributed by atoms with E-state index in [2.05, 4.69) is 10.2 Å². The van der Waals surface area contributed by atoms with Gasteiger partial charge < -0.3 is 10.5 Å². The number of thioether (sulfide) groups is 1. The van der Waals surface area contributed by atoms with Crippen molar-refractivity contribution in [3.05, 3.63) is 0 Å². The van der Waals surface area contributed by atoms with E-state index in [-0.39, 0.29) is 6.04 Å².